The zero-order chi connectivity index (χ0) is 11.7. The maximum Gasteiger partial charge on any atom is 0.275 e. The molecular weight excluding hydrogens is 204 g/mol. The predicted molar refractivity (Wildman–Crippen MR) is 60.8 cm³/mol. The van der Waals surface area contributed by atoms with Crippen molar-refractivity contribution in [1.29, 1.82) is 0 Å². The van der Waals surface area contributed by atoms with Crippen LogP contribution >= 0.6 is 0 Å². The van der Waals surface area contributed by atoms with E-state index in [1.165, 1.54) is 11.0 Å². The monoisotopic (exact) mass is 218 g/mol. The Morgan fingerprint density at radius 3 is 2.69 bits per heavy atom. The normalized spacial score (nSPS) is 10.7. The molecule has 0 amide bonds. The Hall–Kier alpha value is -1.91. The van der Waals surface area contributed by atoms with Crippen LogP contribution in [0.25, 0.3) is 5.82 Å². The third-order valence-corrected chi connectivity index (χ3v) is 2.60. The Kier molecular flexibility index (Phi) is 2.60. The van der Waals surface area contributed by atoms with Crippen LogP contribution in [0, 0.1) is 13.8 Å². The van der Waals surface area contributed by atoms with Gasteiger partial charge in [0, 0.05) is 23.0 Å². The number of aromatic nitrogens is 4. The molecule has 0 bridgehead atoms. The highest BCUT2D eigenvalue weighted by Crippen LogP contribution is 2.05. The minimum atomic E-state index is -0.0463. The van der Waals surface area contributed by atoms with Crippen LogP contribution in [0.2, 0.25) is 0 Å². The lowest BCUT2D eigenvalue weighted by molar-refractivity contribution is 0.787. The summed E-state index contributed by atoms with van der Waals surface area (Å²) in [4.78, 5) is 20.0. The van der Waals surface area contributed by atoms with Gasteiger partial charge in [-0.15, -0.1) is 0 Å². The topological polar surface area (TPSA) is 63.6 Å². The fraction of sp³-hybridized carbons (Fsp3) is 0.364. The lowest BCUT2D eigenvalue weighted by Gasteiger charge is -2.00. The van der Waals surface area contributed by atoms with Crippen LogP contribution < -0.4 is 5.56 Å². The lowest BCUT2D eigenvalue weighted by Crippen LogP contribution is -2.17. The van der Waals surface area contributed by atoms with Crippen LogP contribution in [-0.2, 0) is 6.42 Å². The summed E-state index contributed by atoms with van der Waals surface area (Å²) in [6.07, 6.45) is 2.26. The summed E-state index contributed by atoms with van der Waals surface area (Å²) < 4.78 is 1.46. The van der Waals surface area contributed by atoms with Crippen molar-refractivity contribution in [1.82, 2.24) is 19.7 Å². The zero-order valence-electron chi connectivity index (χ0n) is 9.61. The zero-order valence-corrected chi connectivity index (χ0v) is 9.61. The van der Waals surface area contributed by atoms with Crippen molar-refractivity contribution in [3.05, 3.63) is 39.7 Å². The number of nitrogens with one attached hydrogen (secondary N) is 1. The quantitative estimate of drug-likeness (QED) is 0.822. The van der Waals surface area contributed by atoms with Crippen LogP contribution in [0.4, 0.5) is 0 Å². The Balaban J connectivity index is 2.61. The number of nitrogens with zero attached hydrogens (tertiary/aromatic N) is 3. The van der Waals surface area contributed by atoms with Gasteiger partial charge in [-0.25, -0.2) is 14.6 Å². The van der Waals surface area contributed by atoms with Gasteiger partial charge in [0.05, 0.1) is 0 Å². The Morgan fingerprint density at radius 2 is 2.12 bits per heavy atom. The second-order valence-corrected chi connectivity index (χ2v) is 3.73. The highest BCUT2D eigenvalue weighted by Gasteiger charge is 2.10. The third-order valence-electron chi connectivity index (χ3n) is 2.60. The predicted octanol–water partition coefficient (Wildman–Crippen LogP) is 1.13. The molecule has 2 rings (SSSR count). The summed E-state index contributed by atoms with van der Waals surface area (Å²) in [5.41, 5.74) is 2.48. The molecule has 0 aliphatic heterocycles. The molecule has 2 aromatic rings. The molecule has 0 atom stereocenters. The first-order valence-electron chi connectivity index (χ1n) is 5.23. The van der Waals surface area contributed by atoms with Crippen LogP contribution in [-0.4, -0.2) is 19.7 Å². The van der Waals surface area contributed by atoms with Crippen molar-refractivity contribution >= 4 is 0 Å². The van der Waals surface area contributed by atoms with Crippen LogP contribution in [0.3, 0.4) is 0 Å². The van der Waals surface area contributed by atoms with E-state index in [9.17, 15) is 4.79 Å². The van der Waals surface area contributed by atoms with Gasteiger partial charge < -0.3 is 0 Å². The Labute approximate surface area is 93.2 Å². The maximum absolute atomic E-state index is 11.9. The molecule has 0 saturated heterocycles. The fourth-order valence-corrected chi connectivity index (χ4v) is 1.63. The van der Waals surface area contributed by atoms with E-state index in [4.69, 9.17) is 0 Å². The molecule has 0 fully saturated rings. The van der Waals surface area contributed by atoms with Gasteiger partial charge in [0.2, 0.25) is 0 Å². The molecular formula is C11H14N4O. The number of H-pyrrole nitrogens is 1. The van der Waals surface area contributed by atoms with E-state index < -0.39 is 0 Å². The highest BCUT2D eigenvalue weighted by molar-refractivity contribution is 5.26. The van der Waals surface area contributed by atoms with Crippen LogP contribution in [0.5, 0.6) is 0 Å². The molecule has 0 aliphatic carbocycles. The van der Waals surface area contributed by atoms with E-state index in [1.54, 1.807) is 6.07 Å². The molecule has 5 nitrogen and oxygen atoms in total. The number of hydrogen-bond acceptors (Lipinski definition) is 3. The van der Waals surface area contributed by atoms with Gasteiger partial charge in [-0.3, -0.25) is 9.89 Å². The Bertz CT molecular complexity index is 568. The van der Waals surface area contributed by atoms with Crippen molar-refractivity contribution in [2.45, 2.75) is 27.2 Å². The van der Waals surface area contributed by atoms with Gasteiger partial charge in [0.15, 0.2) is 5.82 Å². The molecule has 1 N–H and O–H groups in total. The first kappa shape index (κ1) is 10.6. The van der Waals surface area contributed by atoms with Gasteiger partial charge in [0.25, 0.3) is 5.56 Å². The summed E-state index contributed by atoms with van der Waals surface area (Å²) in [5.74, 6) is 0.584. The van der Waals surface area contributed by atoms with Gasteiger partial charge in [-0.2, -0.15) is 0 Å². The largest absolute Gasteiger partial charge is 0.293 e. The van der Waals surface area contributed by atoms with Gasteiger partial charge in [-0.1, -0.05) is 6.92 Å². The average Bonchev–Trinajstić information content (AvgIpc) is 2.56. The van der Waals surface area contributed by atoms with Gasteiger partial charge in [-0.05, 0) is 20.3 Å². The molecule has 16 heavy (non-hydrogen) atoms. The summed E-state index contributed by atoms with van der Waals surface area (Å²) in [7, 11) is 0. The molecule has 0 aliphatic rings. The highest BCUT2D eigenvalue weighted by atomic mass is 16.1. The average molecular weight is 218 g/mol. The number of aromatic amines is 1. The number of rotatable bonds is 2. The molecule has 0 spiro atoms. The Morgan fingerprint density at radius 1 is 1.38 bits per heavy atom. The molecule has 2 aromatic heterocycles. The summed E-state index contributed by atoms with van der Waals surface area (Å²) in [6, 6.07) is 1.77. The molecule has 0 aromatic carbocycles. The molecule has 84 valence electrons. The molecule has 0 unspecified atom stereocenters. The summed E-state index contributed by atoms with van der Waals surface area (Å²) in [5, 5.41) is 3.06. The molecule has 0 saturated carbocycles. The molecule has 5 heteroatoms. The first-order chi connectivity index (χ1) is 7.63. The lowest BCUT2D eigenvalue weighted by atomic mass is 10.2. The number of aryl methyl sites for hydroxylation is 2. The van der Waals surface area contributed by atoms with E-state index in [0.717, 1.165) is 23.4 Å². The molecule has 2 heterocycles. The van der Waals surface area contributed by atoms with Crippen LogP contribution in [0.1, 0.15) is 23.9 Å². The minimum absolute atomic E-state index is 0.0463. The van der Waals surface area contributed by atoms with E-state index >= 15 is 0 Å². The van der Waals surface area contributed by atoms with E-state index in [1.807, 2.05) is 20.8 Å². The van der Waals surface area contributed by atoms with Gasteiger partial charge >= 0.3 is 0 Å². The van der Waals surface area contributed by atoms with Crippen LogP contribution in [0.15, 0.2) is 17.2 Å². The van der Waals surface area contributed by atoms with Crippen molar-refractivity contribution in [2.24, 2.45) is 0 Å². The SMILES string of the molecule is CCc1[nH]n(-c2cc(C)ncn2)c(=O)c1C. The molecule has 0 radical (unpaired) electrons. The third kappa shape index (κ3) is 1.64. The summed E-state index contributed by atoms with van der Waals surface area (Å²) >= 11 is 0. The van der Waals surface area contributed by atoms with E-state index in [-0.39, 0.29) is 5.56 Å². The standard InChI is InChI=1S/C11H14N4O/c1-4-9-8(3)11(16)15(14-9)10-5-7(2)12-6-13-10/h5-6,14H,4H2,1-3H3. The van der Waals surface area contributed by atoms with Crippen molar-refractivity contribution in [3.63, 3.8) is 0 Å². The van der Waals surface area contributed by atoms with Gasteiger partial charge in [0.1, 0.15) is 6.33 Å². The van der Waals surface area contributed by atoms with E-state index in [2.05, 4.69) is 15.1 Å². The van der Waals surface area contributed by atoms with Crippen molar-refractivity contribution < 1.29 is 0 Å². The smallest absolute Gasteiger partial charge is 0.275 e. The summed E-state index contributed by atoms with van der Waals surface area (Å²) in [6.45, 7) is 5.70. The maximum atomic E-state index is 11.9. The van der Waals surface area contributed by atoms with Crippen molar-refractivity contribution in [3.8, 4) is 5.82 Å². The fourth-order valence-electron chi connectivity index (χ4n) is 1.63. The van der Waals surface area contributed by atoms with Crippen molar-refractivity contribution in [2.75, 3.05) is 0 Å². The first-order valence-corrected chi connectivity index (χ1v) is 5.23. The number of hydrogen-bond donors (Lipinski definition) is 1. The van der Waals surface area contributed by atoms with E-state index in [0.29, 0.717) is 5.82 Å². The second-order valence-electron chi connectivity index (χ2n) is 3.73. The second kappa shape index (κ2) is 3.92. The minimum Gasteiger partial charge on any atom is -0.293 e.